The quantitative estimate of drug-likeness (QED) is 0.0582. The highest BCUT2D eigenvalue weighted by molar-refractivity contribution is 5.78. The third-order valence-corrected chi connectivity index (χ3v) is 16.0. The Balaban J connectivity index is 1.60. The Morgan fingerprint density at radius 2 is 0.659 bits per heavy atom. The predicted molar refractivity (Wildman–Crippen MR) is 341 cm³/mol. The van der Waals surface area contributed by atoms with E-state index in [1.807, 2.05) is 27.7 Å². The average molecular weight is 1210 g/mol. The van der Waals surface area contributed by atoms with Gasteiger partial charge in [0.1, 0.15) is 60.7 Å². The van der Waals surface area contributed by atoms with Crippen LogP contribution in [0.3, 0.4) is 0 Å². The van der Waals surface area contributed by atoms with Crippen LogP contribution in [0.25, 0.3) is 0 Å². The van der Waals surface area contributed by atoms with Gasteiger partial charge in [0.2, 0.25) is 0 Å². The number of carbonyl (C=O) groups excluding carboxylic acids is 4. The van der Waals surface area contributed by atoms with Gasteiger partial charge >= 0.3 is 11.9 Å². The second-order valence-corrected chi connectivity index (χ2v) is 26.9. The van der Waals surface area contributed by atoms with Gasteiger partial charge in [0.25, 0.3) is 11.8 Å². The van der Waals surface area contributed by atoms with Gasteiger partial charge in [0.15, 0.2) is 13.2 Å². The summed E-state index contributed by atoms with van der Waals surface area (Å²) in [6, 6.07) is 17.7. The van der Waals surface area contributed by atoms with Crippen molar-refractivity contribution in [1.82, 2.24) is 39.8 Å². The summed E-state index contributed by atoms with van der Waals surface area (Å²) in [6.07, 6.45) is 4.67. The van der Waals surface area contributed by atoms with Crippen LogP contribution in [0.4, 0.5) is 0 Å². The van der Waals surface area contributed by atoms with E-state index in [1.54, 1.807) is 36.0 Å². The van der Waals surface area contributed by atoms with Gasteiger partial charge < -0.3 is 38.2 Å². The lowest BCUT2D eigenvalue weighted by Gasteiger charge is -2.29. The van der Waals surface area contributed by atoms with E-state index in [0.29, 0.717) is 86.2 Å². The molecule has 2 amide bonds. The van der Waals surface area contributed by atoms with Gasteiger partial charge in [-0.1, -0.05) is 142 Å². The zero-order valence-electron chi connectivity index (χ0n) is 55.7. The molecule has 0 radical (unpaired) electrons. The number of amides is 2. The second kappa shape index (κ2) is 28.6. The fourth-order valence-corrected chi connectivity index (χ4v) is 10.9. The summed E-state index contributed by atoms with van der Waals surface area (Å²) in [7, 11) is 0. The summed E-state index contributed by atoms with van der Waals surface area (Å²) in [5.74, 6) is 1.29. The summed E-state index contributed by atoms with van der Waals surface area (Å²) in [5.41, 5.74) is 10.8. The maximum Gasteiger partial charge on any atom is 0.327 e. The third kappa shape index (κ3) is 17.3. The van der Waals surface area contributed by atoms with Crippen LogP contribution >= 0.6 is 0 Å². The van der Waals surface area contributed by atoms with Crippen LogP contribution in [0, 0.1) is 0 Å². The van der Waals surface area contributed by atoms with E-state index in [4.69, 9.17) is 28.4 Å². The highest BCUT2D eigenvalue weighted by Crippen LogP contribution is 2.45. The molecule has 0 saturated carbocycles. The molecule has 2 heterocycles. The van der Waals surface area contributed by atoms with Crippen LogP contribution in [0.5, 0.6) is 23.0 Å². The Bertz CT molecular complexity index is 3110. The van der Waals surface area contributed by atoms with Gasteiger partial charge in [-0.05, 0) is 130 Å². The Morgan fingerprint density at radius 1 is 0.409 bits per heavy atom. The molecule has 1 aliphatic carbocycles. The molecule has 476 valence electrons. The Morgan fingerprint density at radius 3 is 0.886 bits per heavy atom. The van der Waals surface area contributed by atoms with Gasteiger partial charge in [-0.2, -0.15) is 0 Å². The molecule has 8 bridgehead atoms. The number of fused-ring (bicyclic) bond motifs is 8. The molecular weight excluding hydrogens is 1110 g/mol. The molecular formula is C70H96N8O10. The van der Waals surface area contributed by atoms with Crippen LogP contribution < -0.4 is 18.9 Å². The monoisotopic (exact) mass is 1210 g/mol. The molecule has 1 aliphatic rings. The second-order valence-electron chi connectivity index (χ2n) is 26.9. The fourth-order valence-electron chi connectivity index (χ4n) is 10.9. The maximum absolute atomic E-state index is 14.2. The number of rotatable bonds is 22. The first kappa shape index (κ1) is 67.7. The van der Waals surface area contributed by atoms with Crippen molar-refractivity contribution in [3.8, 4) is 23.0 Å². The smallest absolute Gasteiger partial charge is 0.327 e. The Hall–Kier alpha value is -7.76. The first-order valence-corrected chi connectivity index (χ1v) is 31.3. The fraction of sp³-hybridized carbons (Fsp3) is 0.543. The van der Waals surface area contributed by atoms with Crippen molar-refractivity contribution in [2.45, 2.75) is 198 Å². The summed E-state index contributed by atoms with van der Waals surface area (Å²) in [6.45, 7) is 39.8. The van der Waals surface area contributed by atoms with E-state index in [-0.39, 0.29) is 86.2 Å². The van der Waals surface area contributed by atoms with E-state index in [1.165, 1.54) is 9.36 Å². The zero-order chi connectivity index (χ0) is 64.5. The van der Waals surface area contributed by atoms with E-state index < -0.39 is 11.9 Å². The van der Waals surface area contributed by atoms with Crippen molar-refractivity contribution in [2.24, 2.45) is 0 Å². The Labute approximate surface area is 521 Å². The van der Waals surface area contributed by atoms with Gasteiger partial charge in [-0.25, -0.2) is 9.36 Å². The van der Waals surface area contributed by atoms with E-state index >= 15 is 0 Å². The van der Waals surface area contributed by atoms with E-state index in [9.17, 15) is 19.2 Å². The standard InChI is InChI=1S/C70H96N8O10/c1-19-75(20-2)59(79)43-87-65-49-25-45-29-53(67(7,8)9)31-47(63(45)85-41-57-37-77(73-71-57)39-61(81)83-23-5)27-51-35-56(70(16,17)18)36-52(66(51)88-44-60(80)76(21-3)22-4)28-48-32-54(68(10,11)12)30-46(26-50(65)34-55(33-49)69(13,14)15)64(48)86-42-58-38-78(74-72-58)40-62(82)84-24-6/h29-38H,19-28,39-44H2,1-18H3. The molecule has 0 aliphatic heterocycles. The third-order valence-electron chi connectivity index (χ3n) is 16.0. The van der Waals surface area contributed by atoms with Crippen LogP contribution in [-0.4, -0.2) is 116 Å². The zero-order valence-corrected chi connectivity index (χ0v) is 55.7. The van der Waals surface area contributed by atoms with Gasteiger partial charge in [0, 0.05) is 51.9 Å². The minimum absolute atomic E-state index is 0.0109. The molecule has 0 saturated heterocycles. The minimum Gasteiger partial charge on any atom is -0.487 e. The molecule has 2 aromatic heterocycles. The lowest BCUT2D eigenvalue weighted by Crippen LogP contribution is -2.34. The molecule has 88 heavy (non-hydrogen) atoms. The number of aromatic nitrogens is 6. The molecule has 4 aromatic carbocycles. The van der Waals surface area contributed by atoms with Crippen molar-refractivity contribution in [3.05, 3.63) is 139 Å². The number of likely N-dealkylation sites (N-methyl/N-ethyl adjacent to an activating group) is 2. The molecule has 18 heteroatoms. The van der Waals surface area contributed by atoms with Crippen molar-refractivity contribution in [2.75, 3.05) is 52.6 Å². The normalized spacial score (nSPS) is 12.8. The first-order chi connectivity index (χ1) is 41.5. The first-order valence-electron chi connectivity index (χ1n) is 31.3. The SMILES string of the molecule is CCOC(=O)Cn1cc(COc2c3cc(C(C)(C)C)cc2Cc2cc(C(C)(C)C)cc(c2OCC(=O)N(CC)CC)Cc2cc(C(C)(C)C)cc(c2OCc2cn(CC(=O)OCC)nn2)Cc2cc(C(C)(C)C)cc(c2OCC(=O)N(CC)CC)C3)nn1. The number of benzene rings is 4. The van der Waals surface area contributed by atoms with Gasteiger partial charge in [-0.15, -0.1) is 10.2 Å². The summed E-state index contributed by atoms with van der Waals surface area (Å²) < 4.78 is 41.8. The average Bonchev–Trinajstić information content (AvgIpc) is 1.02. The molecule has 0 N–H and O–H groups in total. The highest BCUT2D eigenvalue weighted by Gasteiger charge is 2.31. The molecule has 0 atom stereocenters. The number of esters is 2. The Kier molecular flexibility index (Phi) is 22.0. The van der Waals surface area contributed by atoms with Crippen molar-refractivity contribution < 1.29 is 47.6 Å². The van der Waals surface area contributed by atoms with Gasteiger partial charge in [0.05, 0.1) is 25.6 Å². The molecule has 7 rings (SSSR count). The number of ether oxygens (including phenoxy) is 6. The summed E-state index contributed by atoms with van der Waals surface area (Å²) in [4.78, 5) is 57.1. The van der Waals surface area contributed by atoms with E-state index in [0.717, 1.165) is 66.8 Å². The van der Waals surface area contributed by atoms with Crippen LogP contribution in [0.15, 0.2) is 60.9 Å². The molecule has 0 unspecified atom stereocenters. The topological polar surface area (TPSA) is 192 Å². The number of nitrogens with zero attached hydrogens (tertiary/aromatic N) is 8. The van der Waals surface area contributed by atoms with Crippen molar-refractivity contribution in [3.63, 3.8) is 0 Å². The van der Waals surface area contributed by atoms with Crippen LogP contribution in [0.2, 0.25) is 0 Å². The predicted octanol–water partition coefficient (Wildman–Crippen LogP) is 11.5. The summed E-state index contributed by atoms with van der Waals surface area (Å²) in [5, 5.41) is 17.5. The lowest BCUT2D eigenvalue weighted by atomic mass is 9.79. The van der Waals surface area contributed by atoms with Gasteiger partial charge in [-0.3, -0.25) is 19.2 Å². The minimum atomic E-state index is -0.427. The van der Waals surface area contributed by atoms with Crippen LogP contribution in [0.1, 0.15) is 203 Å². The molecule has 0 spiro atoms. The van der Waals surface area contributed by atoms with Crippen LogP contribution in [-0.2, 0) is 102 Å². The molecule has 6 aromatic rings. The highest BCUT2D eigenvalue weighted by atomic mass is 16.5. The molecule has 0 fully saturated rings. The number of carbonyl (C=O) groups is 4. The van der Waals surface area contributed by atoms with Crippen molar-refractivity contribution in [1.29, 1.82) is 0 Å². The maximum atomic E-state index is 14.2. The number of hydrogen-bond donors (Lipinski definition) is 0. The van der Waals surface area contributed by atoms with E-state index in [2.05, 4.69) is 152 Å². The van der Waals surface area contributed by atoms with Crippen molar-refractivity contribution >= 4 is 23.8 Å². The largest absolute Gasteiger partial charge is 0.487 e. The molecule has 18 nitrogen and oxygen atoms in total. The number of hydrogen-bond acceptors (Lipinski definition) is 14. The summed E-state index contributed by atoms with van der Waals surface area (Å²) >= 11 is 0. The lowest BCUT2D eigenvalue weighted by molar-refractivity contribution is -0.145.